The Hall–Kier alpha value is -3.50. The van der Waals surface area contributed by atoms with Crippen LogP contribution in [-0.2, 0) is 16.0 Å². The van der Waals surface area contributed by atoms with Crippen molar-refractivity contribution in [3.05, 3.63) is 59.8 Å². The quantitative estimate of drug-likeness (QED) is 0.399. The molecule has 1 aromatic carbocycles. The number of aryl methyl sites for hydroxylation is 1. The number of pyridine rings is 1. The molecule has 0 aliphatic heterocycles. The number of hydrogen-bond acceptors (Lipinski definition) is 8. The minimum atomic E-state index is -0.596. The molecular weight excluding hydrogens is 408 g/mol. The summed E-state index contributed by atoms with van der Waals surface area (Å²) >= 11 is 0. The molecule has 4 rings (SSSR count). The van der Waals surface area contributed by atoms with E-state index >= 15 is 0 Å². The first-order valence-corrected chi connectivity index (χ1v) is 10.5. The second-order valence-corrected chi connectivity index (χ2v) is 7.35. The number of benzene rings is 1. The summed E-state index contributed by atoms with van der Waals surface area (Å²) in [7, 11) is 3.15. The van der Waals surface area contributed by atoms with Crippen molar-refractivity contribution in [2.75, 3.05) is 14.2 Å². The van der Waals surface area contributed by atoms with Gasteiger partial charge < -0.3 is 9.47 Å². The normalized spacial score (nSPS) is 12.4. The Morgan fingerprint density at radius 1 is 1.06 bits per heavy atom. The number of tetrazole rings is 1. The molecule has 0 aliphatic rings. The van der Waals surface area contributed by atoms with Crippen LogP contribution in [-0.4, -0.2) is 54.6 Å². The lowest BCUT2D eigenvalue weighted by atomic mass is 9.99. The average molecular weight is 435 g/mol. The molecule has 0 radical (unpaired) electrons. The molecule has 0 spiro atoms. The summed E-state index contributed by atoms with van der Waals surface area (Å²) in [6.45, 7) is 4.97. The molecule has 10 heteroatoms. The van der Waals surface area contributed by atoms with Crippen molar-refractivity contribution < 1.29 is 9.47 Å². The maximum atomic E-state index is 5.33. The van der Waals surface area contributed by atoms with Crippen molar-refractivity contribution in [2.24, 2.45) is 0 Å². The predicted molar refractivity (Wildman–Crippen MR) is 117 cm³/mol. The van der Waals surface area contributed by atoms with E-state index in [2.05, 4.69) is 45.6 Å². The highest BCUT2D eigenvalue weighted by atomic mass is 16.7. The average Bonchev–Trinajstić information content (AvgIpc) is 3.51. The van der Waals surface area contributed by atoms with Crippen LogP contribution in [0.3, 0.4) is 0 Å². The van der Waals surface area contributed by atoms with E-state index in [-0.39, 0.29) is 5.92 Å². The molecule has 32 heavy (non-hydrogen) atoms. The molecule has 1 N–H and O–H groups in total. The topological polar surface area (TPSA) is 117 Å². The molecule has 166 valence electrons. The van der Waals surface area contributed by atoms with Crippen molar-refractivity contribution in [2.45, 2.75) is 39.0 Å². The minimum absolute atomic E-state index is 0.00701. The number of nitrogens with one attached hydrogen (secondary N) is 1. The van der Waals surface area contributed by atoms with Gasteiger partial charge in [-0.1, -0.05) is 44.2 Å². The lowest BCUT2D eigenvalue weighted by molar-refractivity contribution is -0.111. The van der Waals surface area contributed by atoms with Crippen LogP contribution in [0.15, 0.2) is 42.6 Å². The van der Waals surface area contributed by atoms with Gasteiger partial charge in [0.2, 0.25) is 12.1 Å². The fourth-order valence-electron chi connectivity index (χ4n) is 3.63. The second kappa shape index (κ2) is 9.75. The SMILES string of the molecule is CCCn1nc(C(OC)OC)nc1C(C)c1ccc(-c2ccccc2-c2nnn[nH]2)nc1. The largest absolute Gasteiger partial charge is 0.349 e. The predicted octanol–water partition coefficient (Wildman–Crippen LogP) is 3.37. The van der Waals surface area contributed by atoms with E-state index in [1.807, 2.05) is 41.2 Å². The molecule has 1 atom stereocenters. The first kappa shape index (κ1) is 21.7. The maximum Gasteiger partial charge on any atom is 0.220 e. The van der Waals surface area contributed by atoms with Gasteiger partial charge in [-0.25, -0.2) is 14.8 Å². The van der Waals surface area contributed by atoms with E-state index in [1.165, 1.54) is 0 Å². The zero-order chi connectivity index (χ0) is 22.5. The summed E-state index contributed by atoms with van der Waals surface area (Å²) in [5.74, 6) is 1.96. The van der Waals surface area contributed by atoms with Crippen molar-refractivity contribution in [3.8, 4) is 22.6 Å². The zero-order valence-electron chi connectivity index (χ0n) is 18.6. The van der Waals surface area contributed by atoms with Crippen LogP contribution in [0.25, 0.3) is 22.6 Å². The van der Waals surface area contributed by atoms with Gasteiger partial charge in [0.25, 0.3) is 0 Å². The molecular formula is C22H26N8O2. The standard InChI is InChI=1S/C22H26N8O2/c1-5-12-30-21(24-20(27-30)22(31-3)32-4)14(2)15-10-11-18(23-13-15)16-8-6-7-9-17(16)19-25-28-29-26-19/h6-11,13-14,22H,5,12H2,1-4H3,(H,25,26,28,29). The number of methoxy groups -OCH3 is 2. The Morgan fingerprint density at radius 2 is 1.84 bits per heavy atom. The summed E-state index contributed by atoms with van der Waals surface area (Å²) in [5, 5.41) is 18.8. The van der Waals surface area contributed by atoms with Crippen LogP contribution in [0, 0.1) is 0 Å². The number of nitrogens with zero attached hydrogens (tertiary/aromatic N) is 7. The third kappa shape index (κ3) is 4.27. The summed E-state index contributed by atoms with van der Waals surface area (Å²) in [6, 6.07) is 12.0. The van der Waals surface area contributed by atoms with Gasteiger partial charge in [0.1, 0.15) is 5.82 Å². The molecule has 0 bridgehead atoms. The number of aromatic nitrogens is 8. The zero-order valence-corrected chi connectivity index (χ0v) is 18.6. The fraction of sp³-hybridized carbons (Fsp3) is 0.364. The third-order valence-electron chi connectivity index (χ3n) is 5.27. The minimum Gasteiger partial charge on any atom is -0.349 e. The number of ether oxygens (including phenoxy) is 2. The number of hydrogen-bond donors (Lipinski definition) is 1. The summed E-state index contributed by atoms with van der Waals surface area (Å²) < 4.78 is 12.6. The molecule has 10 nitrogen and oxygen atoms in total. The van der Waals surface area contributed by atoms with Gasteiger partial charge in [-0.15, -0.1) is 5.10 Å². The Labute approximate surface area is 186 Å². The van der Waals surface area contributed by atoms with Crippen molar-refractivity contribution in [1.29, 1.82) is 0 Å². The maximum absolute atomic E-state index is 5.33. The molecule has 1 unspecified atom stereocenters. The molecule has 0 saturated heterocycles. The molecule has 3 heterocycles. The Balaban J connectivity index is 1.65. The Bertz CT molecular complexity index is 1140. The lowest BCUT2D eigenvalue weighted by Crippen LogP contribution is -2.10. The molecule has 0 fully saturated rings. The monoisotopic (exact) mass is 434 g/mol. The van der Waals surface area contributed by atoms with E-state index in [9.17, 15) is 0 Å². The highest BCUT2D eigenvalue weighted by Crippen LogP contribution is 2.30. The number of aromatic amines is 1. The molecule has 3 aromatic heterocycles. The van der Waals surface area contributed by atoms with Crippen LogP contribution in [0.4, 0.5) is 0 Å². The first-order chi connectivity index (χ1) is 15.7. The van der Waals surface area contributed by atoms with Crippen LogP contribution in [0.5, 0.6) is 0 Å². The van der Waals surface area contributed by atoms with Crippen molar-refractivity contribution in [3.63, 3.8) is 0 Å². The van der Waals surface area contributed by atoms with Gasteiger partial charge >= 0.3 is 0 Å². The van der Waals surface area contributed by atoms with Crippen LogP contribution >= 0.6 is 0 Å². The van der Waals surface area contributed by atoms with E-state index in [4.69, 9.17) is 19.4 Å². The molecule has 0 aliphatic carbocycles. The Morgan fingerprint density at radius 3 is 2.47 bits per heavy atom. The van der Waals surface area contributed by atoms with Gasteiger partial charge in [0.05, 0.1) is 5.69 Å². The van der Waals surface area contributed by atoms with Crippen LogP contribution < -0.4 is 0 Å². The van der Waals surface area contributed by atoms with Gasteiger partial charge in [-0.05, 0) is 28.5 Å². The molecule has 0 amide bonds. The van der Waals surface area contributed by atoms with Crippen molar-refractivity contribution in [1.82, 2.24) is 40.4 Å². The first-order valence-electron chi connectivity index (χ1n) is 10.5. The summed E-state index contributed by atoms with van der Waals surface area (Å²) in [5.41, 5.74) is 3.71. The van der Waals surface area contributed by atoms with Gasteiger partial charge in [-0.3, -0.25) is 4.98 Å². The molecule has 4 aromatic rings. The van der Waals surface area contributed by atoms with Gasteiger partial charge in [0, 0.05) is 44.0 Å². The summed E-state index contributed by atoms with van der Waals surface area (Å²) in [4.78, 5) is 9.45. The highest BCUT2D eigenvalue weighted by Gasteiger charge is 2.23. The van der Waals surface area contributed by atoms with Gasteiger partial charge in [0.15, 0.2) is 5.82 Å². The molecule has 0 saturated carbocycles. The lowest BCUT2D eigenvalue weighted by Gasteiger charge is -2.13. The Kier molecular flexibility index (Phi) is 6.62. The number of rotatable bonds is 9. The van der Waals surface area contributed by atoms with Crippen LogP contribution in [0.2, 0.25) is 0 Å². The smallest absolute Gasteiger partial charge is 0.220 e. The van der Waals surface area contributed by atoms with E-state index < -0.39 is 6.29 Å². The van der Waals surface area contributed by atoms with Crippen molar-refractivity contribution >= 4 is 0 Å². The highest BCUT2D eigenvalue weighted by molar-refractivity contribution is 5.78. The van der Waals surface area contributed by atoms with E-state index in [0.29, 0.717) is 11.6 Å². The number of H-pyrrole nitrogens is 1. The van der Waals surface area contributed by atoms with E-state index in [1.54, 1.807) is 14.2 Å². The van der Waals surface area contributed by atoms with E-state index in [0.717, 1.165) is 41.2 Å². The fourth-order valence-corrected chi connectivity index (χ4v) is 3.63. The van der Waals surface area contributed by atoms with Crippen LogP contribution in [0.1, 0.15) is 49.7 Å². The van der Waals surface area contributed by atoms with Gasteiger partial charge in [-0.2, -0.15) is 5.10 Å². The second-order valence-electron chi connectivity index (χ2n) is 7.35. The summed E-state index contributed by atoms with van der Waals surface area (Å²) in [6.07, 6.45) is 2.23. The third-order valence-corrected chi connectivity index (χ3v) is 5.27.